The molecule has 0 saturated heterocycles. The fourth-order valence-electron chi connectivity index (χ4n) is 4.21. The van der Waals surface area contributed by atoms with E-state index >= 15 is 0 Å². The maximum absolute atomic E-state index is 13.6. The van der Waals surface area contributed by atoms with E-state index in [9.17, 15) is 9.18 Å². The molecule has 0 spiro atoms. The molecule has 1 aliphatic rings. The van der Waals surface area contributed by atoms with E-state index in [2.05, 4.69) is 23.9 Å². The van der Waals surface area contributed by atoms with Crippen LogP contribution in [-0.2, 0) is 16.9 Å². The first-order valence-electron chi connectivity index (χ1n) is 10.7. The van der Waals surface area contributed by atoms with Gasteiger partial charge in [-0.1, -0.05) is 24.3 Å². The van der Waals surface area contributed by atoms with Crippen LogP contribution in [-0.4, -0.2) is 56.9 Å². The standard InChI is InChI=1S/C25H33FN2O2/c1-27(2)15-5-7-24(29)19-8-13-23-20(17-19)18-30-25(23,14-6-16-28(3)4)21-9-11-22(26)12-10-21/h8-13,17H,5-7,14-16,18H2,1-4H3/t25-/m0/s1. The Morgan fingerprint density at radius 3 is 2.33 bits per heavy atom. The van der Waals surface area contributed by atoms with Crippen molar-refractivity contribution in [2.75, 3.05) is 41.3 Å². The van der Waals surface area contributed by atoms with Gasteiger partial charge in [0.1, 0.15) is 11.4 Å². The van der Waals surface area contributed by atoms with Gasteiger partial charge in [0.05, 0.1) is 6.61 Å². The number of carbonyl (C=O) groups excluding carboxylic acids is 1. The molecule has 162 valence electrons. The van der Waals surface area contributed by atoms with Crippen LogP contribution >= 0.6 is 0 Å². The first-order chi connectivity index (χ1) is 14.3. The Morgan fingerprint density at radius 2 is 1.67 bits per heavy atom. The van der Waals surface area contributed by atoms with Gasteiger partial charge in [0.25, 0.3) is 0 Å². The molecule has 2 aromatic rings. The average Bonchev–Trinajstić information content (AvgIpc) is 3.07. The summed E-state index contributed by atoms with van der Waals surface area (Å²) in [6.45, 7) is 2.32. The Bertz CT molecular complexity index is 864. The van der Waals surface area contributed by atoms with Crippen molar-refractivity contribution in [1.29, 1.82) is 0 Å². The third-order valence-electron chi connectivity index (χ3n) is 5.79. The molecule has 0 aromatic heterocycles. The number of ether oxygens (including phenoxy) is 1. The van der Waals surface area contributed by atoms with Crippen LogP contribution in [0.5, 0.6) is 0 Å². The molecule has 0 amide bonds. The van der Waals surface area contributed by atoms with Crippen LogP contribution in [0.2, 0.25) is 0 Å². The van der Waals surface area contributed by atoms with Crippen LogP contribution in [0.25, 0.3) is 0 Å². The lowest BCUT2D eigenvalue weighted by Gasteiger charge is -2.31. The van der Waals surface area contributed by atoms with E-state index in [4.69, 9.17) is 4.74 Å². The smallest absolute Gasteiger partial charge is 0.162 e. The summed E-state index contributed by atoms with van der Waals surface area (Å²) in [5, 5.41) is 0. The van der Waals surface area contributed by atoms with E-state index in [0.717, 1.165) is 54.6 Å². The maximum atomic E-state index is 13.6. The molecule has 0 fully saturated rings. The summed E-state index contributed by atoms with van der Waals surface area (Å²) in [5.74, 6) is -0.0781. The largest absolute Gasteiger partial charge is 0.361 e. The van der Waals surface area contributed by atoms with Gasteiger partial charge in [-0.3, -0.25) is 4.79 Å². The second-order valence-electron chi connectivity index (χ2n) is 8.73. The van der Waals surface area contributed by atoms with Crippen molar-refractivity contribution >= 4 is 5.78 Å². The highest BCUT2D eigenvalue weighted by molar-refractivity contribution is 5.96. The fraction of sp³-hybridized carbons (Fsp3) is 0.480. The molecule has 0 saturated carbocycles. The summed E-state index contributed by atoms with van der Waals surface area (Å²) in [5.41, 5.74) is 3.28. The quantitative estimate of drug-likeness (QED) is 0.539. The highest BCUT2D eigenvalue weighted by Crippen LogP contribution is 2.45. The summed E-state index contributed by atoms with van der Waals surface area (Å²) in [7, 11) is 8.15. The number of nitrogens with zero attached hydrogens (tertiary/aromatic N) is 2. The van der Waals surface area contributed by atoms with Gasteiger partial charge in [0.2, 0.25) is 0 Å². The maximum Gasteiger partial charge on any atom is 0.162 e. The number of Topliss-reactive ketones (excluding diaryl/α,β-unsaturated/α-hetero) is 1. The molecule has 5 heteroatoms. The summed E-state index contributed by atoms with van der Waals surface area (Å²) >= 11 is 0. The van der Waals surface area contributed by atoms with Gasteiger partial charge < -0.3 is 14.5 Å². The molecular formula is C25H33FN2O2. The minimum absolute atomic E-state index is 0.173. The molecule has 4 nitrogen and oxygen atoms in total. The molecule has 2 aromatic carbocycles. The van der Waals surface area contributed by atoms with Crippen LogP contribution in [0.1, 0.15) is 52.7 Å². The lowest BCUT2D eigenvalue weighted by Crippen LogP contribution is -2.28. The van der Waals surface area contributed by atoms with Gasteiger partial charge in [-0.15, -0.1) is 0 Å². The fourth-order valence-corrected chi connectivity index (χ4v) is 4.21. The number of carbonyl (C=O) groups is 1. The molecule has 1 atom stereocenters. The molecule has 0 radical (unpaired) electrons. The second-order valence-corrected chi connectivity index (χ2v) is 8.73. The Kier molecular flexibility index (Phi) is 7.40. The number of hydrogen-bond acceptors (Lipinski definition) is 4. The minimum atomic E-state index is -0.592. The lowest BCUT2D eigenvalue weighted by molar-refractivity contribution is -0.0140. The molecule has 1 heterocycles. The summed E-state index contributed by atoms with van der Waals surface area (Å²) in [6.07, 6.45) is 3.15. The predicted octanol–water partition coefficient (Wildman–Crippen LogP) is 4.47. The van der Waals surface area contributed by atoms with Gasteiger partial charge in [-0.2, -0.15) is 0 Å². The van der Waals surface area contributed by atoms with E-state index in [1.54, 1.807) is 0 Å². The Hall–Kier alpha value is -2.08. The van der Waals surface area contributed by atoms with Gasteiger partial charge in [-0.05, 0) is 95.4 Å². The molecule has 0 unspecified atom stereocenters. The Labute approximate surface area is 179 Å². The molecule has 30 heavy (non-hydrogen) atoms. The van der Waals surface area contributed by atoms with E-state index in [1.807, 2.05) is 44.4 Å². The van der Waals surface area contributed by atoms with Crippen molar-refractivity contribution in [1.82, 2.24) is 9.80 Å². The van der Waals surface area contributed by atoms with Gasteiger partial charge in [0.15, 0.2) is 5.78 Å². The van der Waals surface area contributed by atoms with Crippen molar-refractivity contribution < 1.29 is 13.9 Å². The number of benzene rings is 2. The van der Waals surface area contributed by atoms with Crippen molar-refractivity contribution in [3.63, 3.8) is 0 Å². The predicted molar refractivity (Wildman–Crippen MR) is 118 cm³/mol. The Morgan fingerprint density at radius 1 is 1.00 bits per heavy atom. The number of rotatable bonds is 10. The van der Waals surface area contributed by atoms with Gasteiger partial charge >= 0.3 is 0 Å². The third kappa shape index (κ3) is 5.15. The zero-order valence-electron chi connectivity index (χ0n) is 18.6. The zero-order chi connectivity index (χ0) is 21.7. The normalized spacial score (nSPS) is 18.2. The number of ketones is 1. The number of hydrogen-bond donors (Lipinski definition) is 0. The first-order valence-corrected chi connectivity index (χ1v) is 10.7. The monoisotopic (exact) mass is 412 g/mol. The number of halogens is 1. The van der Waals surface area contributed by atoms with Crippen molar-refractivity contribution in [3.8, 4) is 0 Å². The first kappa shape index (κ1) is 22.6. The van der Waals surface area contributed by atoms with Crippen molar-refractivity contribution in [2.45, 2.75) is 37.9 Å². The topological polar surface area (TPSA) is 32.8 Å². The summed E-state index contributed by atoms with van der Waals surface area (Å²) in [4.78, 5) is 16.9. The molecule has 0 N–H and O–H groups in total. The molecule has 0 aliphatic carbocycles. The van der Waals surface area contributed by atoms with E-state index < -0.39 is 5.60 Å². The van der Waals surface area contributed by atoms with Crippen LogP contribution in [0.3, 0.4) is 0 Å². The van der Waals surface area contributed by atoms with E-state index in [1.165, 1.54) is 12.1 Å². The minimum Gasteiger partial charge on any atom is -0.361 e. The van der Waals surface area contributed by atoms with Gasteiger partial charge in [0, 0.05) is 12.0 Å². The van der Waals surface area contributed by atoms with Crippen LogP contribution < -0.4 is 0 Å². The van der Waals surface area contributed by atoms with Crippen LogP contribution in [0.15, 0.2) is 42.5 Å². The summed E-state index contributed by atoms with van der Waals surface area (Å²) in [6, 6.07) is 12.6. The summed E-state index contributed by atoms with van der Waals surface area (Å²) < 4.78 is 20.0. The lowest BCUT2D eigenvalue weighted by atomic mass is 9.81. The number of fused-ring (bicyclic) bond motifs is 1. The Balaban J connectivity index is 1.87. The molecule has 3 rings (SSSR count). The highest BCUT2D eigenvalue weighted by Gasteiger charge is 2.41. The van der Waals surface area contributed by atoms with Crippen molar-refractivity contribution in [2.24, 2.45) is 0 Å². The van der Waals surface area contributed by atoms with Crippen molar-refractivity contribution in [3.05, 3.63) is 70.5 Å². The average molecular weight is 413 g/mol. The third-order valence-corrected chi connectivity index (χ3v) is 5.79. The zero-order valence-corrected chi connectivity index (χ0v) is 18.6. The molecule has 1 aliphatic heterocycles. The van der Waals surface area contributed by atoms with Crippen LogP contribution in [0, 0.1) is 5.82 Å². The highest BCUT2D eigenvalue weighted by atomic mass is 19.1. The van der Waals surface area contributed by atoms with Crippen LogP contribution in [0.4, 0.5) is 4.39 Å². The SMILES string of the molecule is CN(C)CCCC(=O)c1ccc2c(c1)CO[C@@]2(CCCN(C)C)c1ccc(F)cc1. The van der Waals surface area contributed by atoms with E-state index in [0.29, 0.717) is 13.0 Å². The molecular weight excluding hydrogens is 379 g/mol. The van der Waals surface area contributed by atoms with Gasteiger partial charge in [-0.25, -0.2) is 4.39 Å². The van der Waals surface area contributed by atoms with E-state index in [-0.39, 0.29) is 11.6 Å². The molecule has 0 bridgehead atoms. The second kappa shape index (κ2) is 9.82.